The number of thiophene rings is 1. The Morgan fingerprint density at radius 3 is 2.62 bits per heavy atom. The number of rotatable bonds is 5. The summed E-state index contributed by atoms with van der Waals surface area (Å²) in [4.78, 5) is 14.7. The van der Waals surface area contributed by atoms with Gasteiger partial charge in [0.05, 0.1) is 17.4 Å². The van der Waals surface area contributed by atoms with Crippen LogP contribution in [0.25, 0.3) is 5.69 Å². The van der Waals surface area contributed by atoms with E-state index in [1.807, 2.05) is 36.4 Å². The largest absolute Gasteiger partial charge is 0.294 e. The molecule has 0 saturated carbocycles. The first-order valence-electron chi connectivity index (χ1n) is 6.97. The third kappa shape index (κ3) is 3.11. The zero-order valence-corrected chi connectivity index (χ0v) is 12.6. The van der Waals surface area contributed by atoms with E-state index < -0.39 is 0 Å². The highest BCUT2D eigenvalue weighted by atomic mass is 32.1. The third-order valence-electron chi connectivity index (χ3n) is 3.33. The maximum absolute atomic E-state index is 12.3. The molecule has 2 aromatic heterocycles. The van der Waals surface area contributed by atoms with Crippen LogP contribution in [-0.2, 0) is 12.8 Å². The number of para-hydroxylation sites is 1. The fraction of sp³-hybridized carbons (Fsp3) is 0.176. The molecule has 0 aliphatic heterocycles. The molecule has 0 aliphatic rings. The highest BCUT2D eigenvalue weighted by Crippen LogP contribution is 2.19. The SMILES string of the molecule is CCc1ccc(CC(=O)c2cnn(-c3ccccc3)c2)s1. The van der Waals surface area contributed by atoms with Crippen molar-refractivity contribution in [2.24, 2.45) is 0 Å². The van der Waals surface area contributed by atoms with Gasteiger partial charge >= 0.3 is 0 Å². The molecule has 0 spiro atoms. The van der Waals surface area contributed by atoms with Crippen molar-refractivity contribution >= 4 is 17.1 Å². The Balaban J connectivity index is 1.75. The number of carbonyl (C=O) groups excluding carboxylic acids is 1. The van der Waals surface area contributed by atoms with Gasteiger partial charge in [0.2, 0.25) is 0 Å². The quantitative estimate of drug-likeness (QED) is 0.669. The molecule has 0 fully saturated rings. The van der Waals surface area contributed by atoms with Crippen LogP contribution in [0.3, 0.4) is 0 Å². The molecule has 0 atom stereocenters. The molecule has 0 bridgehead atoms. The van der Waals surface area contributed by atoms with Crippen LogP contribution in [0.5, 0.6) is 0 Å². The van der Waals surface area contributed by atoms with Crippen LogP contribution in [0.2, 0.25) is 0 Å². The van der Waals surface area contributed by atoms with E-state index in [9.17, 15) is 4.79 Å². The molecule has 0 N–H and O–H groups in total. The zero-order valence-electron chi connectivity index (χ0n) is 11.8. The number of hydrogen-bond donors (Lipinski definition) is 0. The van der Waals surface area contributed by atoms with Crippen molar-refractivity contribution in [1.29, 1.82) is 0 Å². The summed E-state index contributed by atoms with van der Waals surface area (Å²) in [6.07, 6.45) is 4.91. The predicted octanol–water partition coefficient (Wildman–Crippen LogP) is 3.92. The lowest BCUT2D eigenvalue weighted by Gasteiger charge is -1.99. The lowest BCUT2D eigenvalue weighted by atomic mass is 10.1. The second kappa shape index (κ2) is 6.06. The molecular formula is C17H16N2OS. The second-order valence-corrected chi connectivity index (χ2v) is 6.08. The van der Waals surface area contributed by atoms with E-state index in [1.165, 1.54) is 4.88 Å². The van der Waals surface area contributed by atoms with Gasteiger partial charge in [0.1, 0.15) is 0 Å². The van der Waals surface area contributed by atoms with E-state index in [-0.39, 0.29) is 5.78 Å². The van der Waals surface area contributed by atoms with Crippen molar-refractivity contribution in [3.63, 3.8) is 0 Å². The van der Waals surface area contributed by atoms with Crippen molar-refractivity contribution in [1.82, 2.24) is 9.78 Å². The summed E-state index contributed by atoms with van der Waals surface area (Å²) in [6.45, 7) is 2.13. The third-order valence-corrected chi connectivity index (χ3v) is 4.56. The number of ketones is 1. The number of hydrogen-bond acceptors (Lipinski definition) is 3. The average molecular weight is 296 g/mol. The van der Waals surface area contributed by atoms with Crippen LogP contribution >= 0.6 is 11.3 Å². The monoisotopic (exact) mass is 296 g/mol. The van der Waals surface area contributed by atoms with Gasteiger partial charge in [-0.3, -0.25) is 4.79 Å². The van der Waals surface area contributed by atoms with Gasteiger partial charge < -0.3 is 0 Å². The maximum atomic E-state index is 12.3. The van der Waals surface area contributed by atoms with Crippen molar-refractivity contribution in [2.45, 2.75) is 19.8 Å². The molecule has 0 unspecified atom stereocenters. The molecule has 4 heteroatoms. The maximum Gasteiger partial charge on any atom is 0.171 e. The summed E-state index contributed by atoms with van der Waals surface area (Å²) in [7, 11) is 0. The average Bonchev–Trinajstić information content (AvgIpc) is 3.17. The van der Waals surface area contributed by atoms with E-state index in [0.29, 0.717) is 12.0 Å². The molecule has 1 aromatic carbocycles. The molecule has 3 rings (SSSR count). The Morgan fingerprint density at radius 1 is 1.14 bits per heavy atom. The highest BCUT2D eigenvalue weighted by molar-refractivity contribution is 7.12. The number of nitrogens with zero attached hydrogens (tertiary/aromatic N) is 2. The van der Waals surface area contributed by atoms with E-state index >= 15 is 0 Å². The lowest BCUT2D eigenvalue weighted by Crippen LogP contribution is -2.01. The van der Waals surface area contributed by atoms with Crippen molar-refractivity contribution in [2.75, 3.05) is 0 Å². The topological polar surface area (TPSA) is 34.9 Å². The normalized spacial score (nSPS) is 10.7. The first kappa shape index (κ1) is 13.8. The van der Waals surface area contributed by atoms with Crippen LogP contribution < -0.4 is 0 Å². The molecule has 0 aliphatic carbocycles. The van der Waals surface area contributed by atoms with Crippen LogP contribution in [0.15, 0.2) is 54.9 Å². The van der Waals surface area contributed by atoms with Gasteiger partial charge in [-0.2, -0.15) is 5.10 Å². The van der Waals surface area contributed by atoms with Gasteiger partial charge in [-0.1, -0.05) is 25.1 Å². The number of Topliss-reactive ketones (excluding diaryl/α,β-unsaturated/α-hetero) is 1. The van der Waals surface area contributed by atoms with Crippen LogP contribution in [-0.4, -0.2) is 15.6 Å². The summed E-state index contributed by atoms with van der Waals surface area (Å²) in [5.74, 6) is 0.113. The minimum absolute atomic E-state index is 0.113. The van der Waals surface area contributed by atoms with Gasteiger partial charge in [-0.25, -0.2) is 4.68 Å². The standard InChI is InChI=1S/C17H16N2OS/c1-2-15-8-9-16(21-15)10-17(20)13-11-18-19(12-13)14-6-4-3-5-7-14/h3-9,11-12H,2,10H2,1H3. The zero-order chi connectivity index (χ0) is 14.7. The smallest absolute Gasteiger partial charge is 0.171 e. The predicted molar refractivity (Wildman–Crippen MR) is 85.3 cm³/mol. The molecule has 3 nitrogen and oxygen atoms in total. The fourth-order valence-corrected chi connectivity index (χ4v) is 3.11. The van der Waals surface area contributed by atoms with Gasteiger partial charge in [0.15, 0.2) is 5.78 Å². The molecule has 106 valence electrons. The summed E-state index contributed by atoms with van der Waals surface area (Å²) in [5.41, 5.74) is 1.62. The van der Waals surface area contributed by atoms with E-state index in [2.05, 4.69) is 18.1 Å². The summed E-state index contributed by atoms with van der Waals surface area (Å²) < 4.78 is 1.74. The van der Waals surface area contributed by atoms with E-state index in [0.717, 1.165) is 17.0 Å². The van der Waals surface area contributed by atoms with Crippen LogP contribution in [0, 0.1) is 0 Å². The molecular weight excluding hydrogens is 280 g/mol. The molecule has 3 aromatic rings. The lowest BCUT2D eigenvalue weighted by molar-refractivity contribution is 0.0994. The highest BCUT2D eigenvalue weighted by Gasteiger charge is 2.11. The molecule has 0 amide bonds. The summed E-state index contributed by atoms with van der Waals surface area (Å²) >= 11 is 1.71. The first-order valence-corrected chi connectivity index (χ1v) is 7.79. The Kier molecular flexibility index (Phi) is 3.97. The van der Waals surface area contributed by atoms with E-state index in [4.69, 9.17) is 0 Å². The van der Waals surface area contributed by atoms with Gasteiger partial charge in [0, 0.05) is 22.4 Å². The number of benzene rings is 1. The van der Waals surface area contributed by atoms with Gasteiger partial charge in [-0.05, 0) is 30.7 Å². The summed E-state index contributed by atoms with van der Waals surface area (Å²) in [6, 6.07) is 13.9. The molecule has 2 heterocycles. The van der Waals surface area contributed by atoms with Crippen molar-refractivity contribution < 1.29 is 4.79 Å². The minimum atomic E-state index is 0.113. The Labute approximate surface area is 127 Å². The number of aromatic nitrogens is 2. The fourth-order valence-electron chi connectivity index (χ4n) is 2.16. The number of carbonyl (C=O) groups is 1. The Bertz CT molecular complexity index is 743. The summed E-state index contributed by atoms with van der Waals surface area (Å²) in [5, 5.41) is 4.27. The first-order chi connectivity index (χ1) is 10.3. The Hall–Kier alpha value is -2.20. The van der Waals surface area contributed by atoms with Crippen LogP contribution in [0.4, 0.5) is 0 Å². The molecule has 0 radical (unpaired) electrons. The van der Waals surface area contributed by atoms with Crippen molar-refractivity contribution in [3.8, 4) is 5.69 Å². The minimum Gasteiger partial charge on any atom is -0.294 e. The van der Waals surface area contributed by atoms with Gasteiger partial charge in [0.25, 0.3) is 0 Å². The number of aryl methyl sites for hydroxylation is 1. The van der Waals surface area contributed by atoms with E-state index in [1.54, 1.807) is 28.4 Å². The molecule has 21 heavy (non-hydrogen) atoms. The molecule has 0 saturated heterocycles. The Morgan fingerprint density at radius 2 is 1.90 bits per heavy atom. The van der Waals surface area contributed by atoms with Crippen molar-refractivity contribution in [3.05, 3.63) is 70.2 Å². The van der Waals surface area contributed by atoms with Crippen LogP contribution in [0.1, 0.15) is 27.0 Å². The second-order valence-electron chi connectivity index (χ2n) is 4.83. The van der Waals surface area contributed by atoms with Gasteiger partial charge in [-0.15, -0.1) is 11.3 Å².